The number of esters is 2. The molecule has 0 aromatic carbocycles. The summed E-state index contributed by atoms with van der Waals surface area (Å²) in [6.45, 7) is 3.10. The third-order valence-corrected chi connectivity index (χ3v) is 11.3. The molecule has 1 rings (SSSR count). The Bertz CT molecular complexity index is 1070. The fourth-order valence-electron chi connectivity index (χ4n) is 2.59. The van der Waals surface area contributed by atoms with Gasteiger partial charge >= 0.3 is 11.9 Å². The summed E-state index contributed by atoms with van der Waals surface area (Å²) in [5, 5.41) is 24.7. The first-order chi connectivity index (χ1) is 20.3. The largest absolute Gasteiger partial charge is 0.503 e. The van der Waals surface area contributed by atoms with Crippen molar-refractivity contribution in [1.29, 1.82) is 0 Å². The van der Waals surface area contributed by atoms with E-state index < -0.39 is 79.4 Å². The Kier molecular flexibility index (Phi) is 18.9. The highest BCUT2D eigenvalue weighted by atomic mass is 33.1. The first kappa shape index (κ1) is 39.6. The predicted molar refractivity (Wildman–Crippen MR) is 177 cm³/mol. The van der Waals surface area contributed by atoms with Crippen LogP contribution in [0.3, 0.4) is 0 Å². The Morgan fingerprint density at radius 3 is 1.42 bits per heavy atom. The van der Waals surface area contributed by atoms with Crippen LogP contribution < -0.4 is 22.1 Å². The number of nitrogens with one attached hydrogen (secondary N) is 2. The summed E-state index contributed by atoms with van der Waals surface area (Å²) in [4.78, 5) is 73.7. The Labute approximate surface area is 278 Å². The van der Waals surface area contributed by atoms with Gasteiger partial charge in [0.05, 0.1) is 25.3 Å². The number of carbonyl (C=O) groups excluding carboxylic acids is 6. The second-order valence-corrected chi connectivity index (χ2v) is 14.4. The molecule has 21 heteroatoms. The van der Waals surface area contributed by atoms with Crippen LogP contribution >= 0.6 is 79.8 Å². The molecule has 1 aromatic heterocycles. The highest BCUT2D eigenvalue weighted by molar-refractivity contribution is 8.82. The smallest absolute Gasteiger partial charge is 0.329 e. The lowest BCUT2D eigenvalue weighted by Crippen LogP contribution is -2.43. The molecule has 8 N–H and O–H groups in total. The van der Waals surface area contributed by atoms with Gasteiger partial charge in [0.2, 0.25) is 10.2 Å². The first-order valence-electron chi connectivity index (χ1n) is 12.2. The van der Waals surface area contributed by atoms with Crippen LogP contribution in [0, 0.1) is 0 Å². The van der Waals surface area contributed by atoms with Gasteiger partial charge in [0, 0.05) is 23.0 Å². The number of thiol groups is 2. The minimum atomic E-state index is -1.27. The van der Waals surface area contributed by atoms with Crippen molar-refractivity contribution in [3.63, 3.8) is 0 Å². The number of hydrogen-bond acceptors (Lipinski definition) is 19. The van der Waals surface area contributed by atoms with E-state index in [9.17, 15) is 39.0 Å². The summed E-state index contributed by atoms with van der Waals surface area (Å²) in [5.74, 6) is -5.57. The van der Waals surface area contributed by atoms with Crippen LogP contribution in [0.4, 0.5) is 0 Å². The van der Waals surface area contributed by atoms with E-state index in [2.05, 4.69) is 35.9 Å². The van der Waals surface area contributed by atoms with Crippen molar-refractivity contribution in [3.8, 4) is 11.5 Å². The first-order valence-corrected chi connectivity index (χ1v) is 18.9. The number of carbonyl (C=O) groups is 6. The van der Waals surface area contributed by atoms with Crippen LogP contribution in [0.5, 0.6) is 11.5 Å². The fourth-order valence-corrected chi connectivity index (χ4v) is 8.21. The molecule has 14 nitrogen and oxygen atoms in total. The Morgan fingerprint density at radius 1 is 0.767 bits per heavy atom. The molecule has 2 amide bonds. The molecule has 43 heavy (non-hydrogen) atoms. The van der Waals surface area contributed by atoms with Crippen molar-refractivity contribution in [2.75, 3.05) is 36.2 Å². The van der Waals surface area contributed by atoms with E-state index in [1.807, 2.05) is 0 Å². The van der Waals surface area contributed by atoms with Crippen molar-refractivity contribution >= 4 is 114 Å². The maximum Gasteiger partial charge on any atom is 0.329 e. The second kappa shape index (κ2) is 20.5. The molecule has 0 spiro atoms. The summed E-state index contributed by atoms with van der Waals surface area (Å²) in [6, 6.07) is -4.20. The minimum absolute atomic E-state index is 0.00356. The van der Waals surface area contributed by atoms with Gasteiger partial charge in [0.15, 0.2) is 11.5 Å². The molecule has 4 atom stereocenters. The molecular formula is C22H32N4O10S7. The molecule has 0 aliphatic heterocycles. The van der Waals surface area contributed by atoms with Gasteiger partial charge < -0.3 is 41.8 Å². The second-order valence-electron chi connectivity index (χ2n) is 7.97. The van der Waals surface area contributed by atoms with Gasteiger partial charge in [-0.2, -0.15) is 25.3 Å². The predicted octanol–water partition coefficient (Wildman–Crippen LogP) is 0.812. The molecule has 0 radical (unpaired) electrons. The number of ether oxygens (including phenoxy) is 2. The van der Waals surface area contributed by atoms with Gasteiger partial charge in [-0.3, -0.25) is 19.2 Å². The molecule has 1 aromatic rings. The standard InChI is InChI=1S/C22H32N4O10S7/c1-3-35-19(31)11(7-39-42-21(33)9(23)5-37)25-17(29)15-13(27)14(28)16(41-15)18(30)26-12(20(32)36-4-2)8-40-43-22(34)10(24)6-38/h9-12,27-28,37-38H,3-8,23-24H2,1-2H3,(H,25,29)(H,26,30)/t9-,10-,11?,12?/m0/s1. The monoisotopic (exact) mass is 736 g/mol. The fraction of sp³-hybridized carbons (Fsp3) is 0.545. The van der Waals surface area contributed by atoms with Gasteiger partial charge in [-0.15, -0.1) is 11.3 Å². The Morgan fingerprint density at radius 2 is 1.12 bits per heavy atom. The number of nitrogens with two attached hydrogens (primary N) is 2. The van der Waals surface area contributed by atoms with Crippen LogP contribution in [-0.4, -0.2) is 105 Å². The molecule has 0 aliphatic carbocycles. The van der Waals surface area contributed by atoms with Gasteiger partial charge in [-0.25, -0.2) is 9.59 Å². The van der Waals surface area contributed by atoms with E-state index in [0.717, 1.165) is 43.2 Å². The SMILES string of the molecule is CCOC(=O)C(CSSC(=O)[C@@H](N)CS)NC(=O)c1sc(C(=O)NC(CSSC(=O)[C@@H](N)CS)C(=O)OCC)c(O)c1O. The van der Waals surface area contributed by atoms with Gasteiger partial charge in [0.1, 0.15) is 21.8 Å². The zero-order chi connectivity index (χ0) is 32.7. The zero-order valence-corrected chi connectivity index (χ0v) is 28.7. The van der Waals surface area contributed by atoms with Crippen molar-refractivity contribution < 1.29 is 48.5 Å². The zero-order valence-electron chi connectivity index (χ0n) is 22.8. The van der Waals surface area contributed by atoms with Crippen LogP contribution in [-0.2, 0) is 28.7 Å². The highest BCUT2D eigenvalue weighted by Crippen LogP contribution is 2.40. The molecule has 0 bridgehead atoms. The van der Waals surface area contributed by atoms with Crippen molar-refractivity contribution in [2.24, 2.45) is 11.5 Å². The van der Waals surface area contributed by atoms with Crippen molar-refractivity contribution in [2.45, 2.75) is 38.0 Å². The summed E-state index contributed by atoms with van der Waals surface area (Å²) in [6.07, 6.45) is 0. The Hall–Kier alpha value is -1.46. The molecule has 0 saturated heterocycles. The number of aromatic hydroxyl groups is 2. The summed E-state index contributed by atoms with van der Waals surface area (Å²) >= 11 is 8.30. The highest BCUT2D eigenvalue weighted by Gasteiger charge is 2.32. The lowest BCUT2D eigenvalue weighted by molar-refractivity contribution is -0.145. The average molecular weight is 737 g/mol. The third kappa shape index (κ3) is 12.8. The number of hydrogen-bond donors (Lipinski definition) is 8. The van der Waals surface area contributed by atoms with E-state index in [0.29, 0.717) is 11.3 Å². The molecule has 242 valence electrons. The molecular weight excluding hydrogens is 705 g/mol. The quantitative estimate of drug-likeness (QED) is 0.0591. The lowest BCUT2D eigenvalue weighted by atomic mass is 10.2. The molecule has 0 aliphatic rings. The van der Waals surface area contributed by atoms with Crippen molar-refractivity contribution in [3.05, 3.63) is 9.75 Å². The van der Waals surface area contributed by atoms with Gasteiger partial charge in [-0.1, -0.05) is 21.6 Å². The van der Waals surface area contributed by atoms with Crippen molar-refractivity contribution in [1.82, 2.24) is 10.6 Å². The summed E-state index contributed by atoms with van der Waals surface area (Å²) in [5.41, 5.74) is 11.2. The maximum absolute atomic E-state index is 13.0. The van der Waals surface area contributed by atoms with E-state index in [1.54, 1.807) is 13.8 Å². The third-order valence-electron chi connectivity index (χ3n) is 4.77. The average Bonchev–Trinajstić information content (AvgIpc) is 3.28. The van der Waals surface area contributed by atoms with Crippen LogP contribution in [0.1, 0.15) is 33.2 Å². The van der Waals surface area contributed by atoms with Gasteiger partial charge in [-0.05, 0) is 35.4 Å². The molecule has 1 heterocycles. The number of rotatable bonds is 18. The van der Waals surface area contributed by atoms with E-state index >= 15 is 0 Å². The number of amides is 2. The summed E-state index contributed by atoms with van der Waals surface area (Å²) in [7, 11) is 3.40. The van der Waals surface area contributed by atoms with E-state index in [1.165, 1.54) is 0 Å². The van der Waals surface area contributed by atoms with E-state index in [4.69, 9.17) is 20.9 Å². The molecule has 2 unspecified atom stereocenters. The minimum Gasteiger partial charge on any atom is -0.503 e. The topological polar surface area (TPSA) is 237 Å². The van der Waals surface area contributed by atoms with Crippen LogP contribution in [0.2, 0.25) is 0 Å². The van der Waals surface area contributed by atoms with Gasteiger partial charge in [0.25, 0.3) is 11.8 Å². The lowest BCUT2D eigenvalue weighted by Gasteiger charge is -2.16. The normalized spacial score (nSPS) is 13.7. The Balaban J connectivity index is 3.05. The maximum atomic E-state index is 13.0. The molecule has 0 saturated carbocycles. The number of thiophene rings is 1. The van der Waals surface area contributed by atoms with Crippen LogP contribution in [0.25, 0.3) is 0 Å². The summed E-state index contributed by atoms with van der Waals surface area (Å²) < 4.78 is 9.93. The van der Waals surface area contributed by atoms with E-state index in [-0.39, 0.29) is 36.2 Å². The van der Waals surface area contributed by atoms with Crippen LogP contribution in [0.15, 0.2) is 0 Å². The molecule has 0 fully saturated rings.